The van der Waals surface area contributed by atoms with E-state index in [4.69, 9.17) is 15.2 Å². The third kappa shape index (κ3) is 3.50. The minimum Gasteiger partial charge on any atom is -0.490 e. The summed E-state index contributed by atoms with van der Waals surface area (Å²) >= 11 is 3.39. The quantitative estimate of drug-likeness (QED) is 0.655. The molecule has 2 rings (SSSR count). The van der Waals surface area contributed by atoms with Gasteiger partial charge in [-0.2, -0.15) is 0 Å². The van der Waals surface area contributed by atoms with Crippen molar-refractivity contribution in [1.29, 1.82) is 0 Å². The zero-order valence-electron chi connectivity index (χ0n) is 11.2. The first-order valence-electron chi connectivity index (χ1n) is 6.04. The third-order valence-electron chi connectivity index (χ3n) is 2.83. The van der Waals surface area contributed by atoms with Gasteiger partial charge < -0.3 is 15.2 Å². The van der Waals surface area contributed by atoms with E-state index in [9.17, 15) is 10.1 Å². The fraction of sp³-hybridized carbons (Fsp3) is 0.143. The van der Waals surface area contributed by atoms with E-state index in [2.05, 4.69) is 15.9 Å². The fourth-order valence-corrected chi connectivity index (χ4v) is 2.29. The summed E-state index contributed by atoms with van der Waals surface area (Å²) in [6.07, 6.45) is 0. The lowest BCUT2D eigenvalue weighted by Gasteiger charge is -2.09. The monoisotopic (exact) mass is 352 g/mol. The first kappa shape index (κ1) is 15.3. The number of hydrogen-bond donors (Lipinski definition) is 1. The van der Waals surface area contributed by atoms with E-state index in [1.807, 2.05) is 6.07 Å². The summed E-state index contributed by atoms with van der Waals surface area (Å²) in [6, 6.07) is 9.77. The van der Waals surface area contributed by atoms with E-state index in [1.165, 1.54) is 19.2 Å². The van der Waals surface area contributed by atoms with Crippen LogP contribution in [0.1, 0.15) is 5.56 Å². The first-order chi connectivity index (χ1) is 10.0. The van der Waals surface area contributed by atoms with E-state index in [0.717, 1.165) is 10.0 Å². The molecule has 2 aromatic carbocycles. The van der Waals surface area contributed by atoms with Crippen LogP contribution in [0.25, 0.3) is 0 Å². The van der Waals surface area contributed by atoms with Crippen molar-refractivity contribution < 1.29 is 14.4 Å². The number of nitro groups is 1. The summed E-state index contributed by atoms with van der Waals surface area (Å²) in [4.78, 5) is 10.5. The molecule has 0 aliphatic rings. The van der Waals surface area contributed by atoms with Gasteiger partial charge in [-0.1, -0.05) is 22.0 Å². The standard InChI is InChI=1S/C14H13BrN2O4/c1-20-14-5-4-11(7-13(14)17(18)19)21-10-3-2-9(8-16)12(15)6-10/h2-7H,8,16H2,1H3. The minimum atomic E-state index is -0.515. The largest absolute Gasteiger partial charge is 0.490 e. The molecule has 0 spiro atoms. The third-order valence-corrected chi connectivity index (χ3v) is 3.57. The molecule has 0 aliphatic carbocycles. The van der Waals surface area contributed by atoms with Gasteiger partial charge in [0.15, 0.2) is 5.75 Å². The number of ether oxygens (including phenoxy) is 2. The van der Waals surface area contributed by atoms with Crippen LogP contribution in [-0.2, 0) is 6.54 Å². The van der Waals surface area contributed by atoms with Gasteiger partial charge >= 0.3 is 5.69 Å². The van der Waals surface area contributed by atoms with E-state index >= 15 is 0 Å². The zero-order chi connectivity index (χ0) is 15.4. The summed E-state index contributed by atoms with van der Waals surface area (Å²) in [5.74, 6) is 1.10. The van der Waals surface area contributed by atoms with Crippen LogP contribution in [0.2, 0.25) is 0 Å². The maximum Gasteiger partial charge on any atom is 0.314 e. The Labute approximate surface area is 129 Å². The Morgan fingerprint density at radius 1 is 1.24 bits per heavy atom. The molecule has 0 fully saturated rings. The van der Waals surface area contributed by atoms with E-state index in [1.54, 1.807) is 18.2 Å². The van der Waals surface area contributed by atoms with E-state index in [-0.39, 0.29) is 11.4 Å². The van der Waals surface area contributed by atoms with Gasteiger partial charge in [-0.05, 0) is 29.8 Å². The lowest BCUT2D eigenvalue weighted by Crippen LogP contribution is -1.97. The molecule has 0 radical (unpaired) electrons. The summed E-state index contributed by atoms with van der Waals surface area (Å²) in [6.45, 7) is 0.412. The van der Waals surface area contributed by atoms with Crippen LogP contribution >= 0.6 is 15.9 Å². The van der Waals surface area contributed by atoms with Crippen molar-refractivity contribution in [2.45, 2.75) is 6.54 Å². The number of nitro benzene ring substituents is 1. The zero-order valence-corrected chi connectivity index (χ0v) is 12.8. The van der Waals surface area contributed by atoms with Gasteiger partial charge in [0.2, 0.25) is 0 Å². The molecule has 7 heteroatoms. The second kappa shape index (κ2) is 6.55. The highest BCUT2D eigenvalue weighted by molar-refractivity contribution is 9.10. The van der Waals surface area contributed by atoms with Gasteiger partial charge in [0, 0.05) is 11.0 Å². The molecule has 21 heavy (non-hydrogen) atoms. The molecule has 0 saturated carbocycles. The van der Waals surface area contributed by atoms with Crippen LogP contribution in [0.3, 0.4) is 0 Å². The van der Waals surface area contributed by atoms with Gasteiger partial charge in [0.05, 0.1) is 18.1 Å². The van der Waals surface area contributed by atoms with Crippen LogP contribution in [0.15, 0.2) is 40.9 Å². The molecule has 2 aromatic rings. The Hall–Kier alpha value is -2.12. The topological polar surface area (TPSA) is 87.6 Å². The van der Waals surface area contributed by atoms with Crippen molar-refractivity contribution >= 4 is 21.6 Å². The van der Waals surface area contributed by atoms with Crippen molar-refractivity contribution in [3.8, 4) is 17.2 Å². The smallest absolute Gasteiger partial charge is 0.314 e. The second-order valence-corrected chi connectivity index (χ2v) is 5.00. The highest BCUT2D eigenvalue weighted by atomic mass is 79.9. The molecule has 0 heterocycles. The van der Waals surface area contributed by atoms with Gasteiger partial charge in [0.25, 0.3) is 0 Å². The van der Waals surface area contributed by atoms with Crippen molar-refractivity contribution in [3.63, 3.8) is 0 Å². The SMILES string of the molecule is COc1ccc(Oc2ccc(CN)c(Br)c2)cc1[N+](=O)[O-]. The molecular weight excluding hydrogens is 340 g/mol. The molecule has 110 valence electrons. The summed E-state index contributed by atoms with van der Waals surface area (Å²) in [7, 11) is 1.38. The van der Waals surface area contributed by atoms with Crippen LogP contribution < -0.4 is 15.2 Å². The van der Waals surface area contributed by atoms with Gasteiger partial charge in [-0.15, -0.1) is 0 Å². The van der Waals surface area contributed by atoms with Crippen molar-refractivity contribution in [1.82, 2.24) is 0 Å². The van der Waals surface area contributed by atoms with Gasteiger partial charge in [0.1, 0.15) is 11.5 Å². The van der Waals surface area contributed by atoms with E-state index in [0.29, 0.717) is 18.0 Å². The Kier molecular flexibility index (Phi) is 4.77. The Bertz CT molecular complexity index is 676. The molecule has 0 bridgehead atoms. The minimum absolute atomic E-state index is 0.146. The maximum absolute atomic E-state index is 11.0. The average molecular weight is 353 g/mol. The van der Waals surface area contributed by atoms with Crippen molar-refractivity contribution in [3.05, 3.63) is 56.5 Å². The molecule has 0 saturated heterocycles. The Morgan fingerprint density at radius 3 is 2.48 bits per heavy atom. The number of hydrogen-bond acceptors (Lipinski definition) is 5. The van der Waals surface area contributed by atoms with E-state index < -0.39 is 4.92 Å². The fourth-order valence-electron chi connectivity index (χ4n) is 1.77. The van der Waals surface area contributed by atoms with Crippen molar-refractivity contribution in [2.24, 2.45) is 5.73 Å². The summed E-state index contributed by atoms with van der Waals surface area (Å²) < 4.78 is 11.4. The molecule has 0 atom stereocenters. The highest BCUT2D eigenvalue weighted by Gasteiger charge is 2.16. The summed E-state index contributed by atoms with van der Waals surface area (Å²) in [5.41, 5.74) is 6.38. The molecular formula is C14H13BrN2O4. The number of methoxy groups -OCH3 is 1. The van der Waals surface area contributed by atoms with Crippen LogP contribution in [-0.4, -0.2) is 12.0 Å². The lowest BCUT2D eigenvalue weighted by molar-refractivity contribution is -0.385. The first-order valence-corrected chi connectivity index (χ1v) is 6.83. The van der Waals surface area contributed by atoms with Crippen molar-refractivity contribution in [2.75, 3.05) is 7.11 Å². The van der Waals surface area contributed by atoms with Crippen LogP contribution in [0.4, 0.5) is 5.69 Å². The number of nitrogens with two attached hydrogens (primary N) is 1. The average Bonchev–Trinajstić information content (AvgIpc) is 2.47. The number of nitrogens with zero attached hydrogens (tertiary/aromatic N) is 1. The van der Waals surface area contributed by atoms with Crippen LogP contribution in [0, 0.1) is 10.1 Å². The highest BCUT2D eigenvalue weighted by Crippen LogP contribution is 2.33. The molecule has 6 nitrogen and oxygen atoms in total. The molecule has 0 aliphatic heterocycles. The number of benzene rings is 2. The number of halogens is 1. The van der Waals surface area contributed by atoms with Gasteiger partial charge in [-0.3, -0.25) is 10.1 Å². The second-order valence-electron chi connectivity index (χ2n) is 4.15. The summed E-state index contributed by atoms with van der Waals surface area (Å²) in [5, 5.41) is 11.0. The predicted octanol–water partition coefficient (Wildman–Crippen LogP) is 3.62. The van der Waals surface area contributed by atoms with Gasteiger partial charge in [-0.25, -0.2) is 0 Å². The number of rotatable bonds is 5. The lowest BCUT2D eigenvalue weighted by atomic mass is 10.2. The Balaban J connectivity index is 2.29. The molecule has 2 N–H and O–H groups in total. The predicted molar refractivity (Wildman–Crippen MR) is 81.8 cm³/mol. The normalized spacial score (nSPS) is 10.2. The maximum atomic E-state index is 11.0. The Morgan fingerprint density at radius 2 is 1.90 bits per heavy atom. The molecule has 0 aromatic heterocycles. The van der Waals surface area contributed by atoms with Crippen LogP contribution in [0.5, 0.6) is 17.2 Å². The molecule has 0 unspecified atom stereocenters. The molecule has 0 amide bonds.